The number of fused-ring (bicyclic) bond motifs is 6. The van der Waals surface area contributed by atoms with E-state index >= 15 is 0 Å². The van der Waals surface area contributed by atoms with Crippen LogP contribution in [0.1, 0.15) is 64.3 Å². The summed E-state index contributed by atoms with van der Waals surface area (Å²) in [6.45, 7) is 15.3. The number of hydrogen-bond acceptors (Lipinski definition) is 9. The highest BCUT2D eigenvalue weighted by Crippen LogP contribution is 2.41. The molecule has 13 heteroatoms. The molecule has 2 aliphatic heterocycles. The highest BCUT2D eigenvalue weighted by Gasteiger charge is 2.41. The van der Waals surface area contributed by atoms with Gasteiger partial charge in [-0.05, 0) is 102 Å². The molecule has 0 aliphatic carbocycles. The number of ether oxygens (including phenoxy) is 2. The van der Waals surface area contributed by atoms with Crippen LogP contribution in [0.25, 0.3) is 33.3 Å². The quantitative estimate of drug-likeness (QED) is 0.137. The standard InChI is InChI=1S/C46H58N6O7/c1-9-40(55)50(7)41(29(3)4)43(56)48-37-21-30-19-32(22-33(54)20-30)31-14-15-39-35(23-31)36(42(51(39)10-2)34-13-11-17-47-38(34)25-58-8)24-45(5,6)27-59-28-46(26-53)16-12-18-52(49-46)44(37)57/h9,11,13-15,17,19-20,22-23,26,29,37,41,49,54H,1,10,12,16,18,21,24-25,27-28H2,2-8H3,(H,48,56)/t37-,41-,46-/m0/s1. The zero-order valence-electron chi connectivity index (χ0n) is 35.3. The fourth-order valence-electron chi connectivity index (χ4n) is 8.73. The molecule has 0 radical (unpaired) electrons. The number of aldehydes is 1. The lowest BCUT2D eigenvalue weighted by molar-refractivity contribution is -0.148. The Bertz CT molecular complexity index is 2230. The summed E-state index contributed by atoms with van der Waals surface area (Å²) in [6.07, 6.45) is 5.33. The molecule has 3 amide bonds. The van der Waals surface area contributed by atoms with Crippen LogP contribution in [0.3, 0.4) is 0 Å². The number of aromatic hydroxyl groups is 1. The van der Waals surface area contributed by atoms with Crippen LogP contribution in [0.2, 0.25) is 0 Å². The van der Waals surface area contributed by atoms with Crippen molar-refractivity contribution in [3.63, 3.8) is 0 Å². The van der Waals surface area contributed by atoms with E-state index in [-0.39, 0.29) is 24.7 Å². The van der Waals surface area contributed by atoms with Crippen molar-refractivity contribution in [2.24, 2.45) is 11.3 Å². The van der Waals surface area contributed by atoms with Crippen LogP contribution in [-0.2, 0) is 54.6 Å². The van der Waals surface area contributed by atoms with Crippen molar-refractivity contribution in [2.75, 3.05) is 33.9 Å². The summed E-state index contributed by atoms with van der Waals surface area (Å²) in [5.41, 5.74) is 8.78. The van der Waals surface area contributed by atoms with E-state index in [1.807, 2.05) is 32.0 Å². The van der Waals surface area contributed by atoms with Crippen molar-refractivity contribution >= 4 is 34.9 Å². The number of hydrazine groups is 1. The number of nitrogens with one attached hydrogen (secondary N) is 2. The molecule has 2 aromatic carbocycles. The largest absolute Gasteiger partial charge is 0.508 e. The molecule has 3 atom stereocenters. The van der Waals surface area contributed by atoms with Gasteiger partial charge in [0, 0.05) is 56.3 Å². The van der Waals surface area contributed by atoms with E-state index in [9.17, 15) is 24.3 Å². The summed E-state index contributed by atoms with van der Waals surface area (Å²) < 4.78 is 14.3. The molecule has 1 saturated heterocycles. The molecule has 6 rings (SSSR count). The number of carbonyl (C=O) groups is 4. The lowest BCUT2D eigenvalue weighted by Crippen LogP contribution is -2.66. The summed E-state index contributed by atoms with van der Waals surface area (Å²) >= 11 is 0. The predicted molar refractivity (Wildman–Crippen MR) is 227 cm³/mol. The van der Waals surface area contributed by atoms with Gasteiger partial charge in [0.05, 0.1) is 31.2 Å². The van der Waals surface area contributed by atoms with Gasteiger partial charge in [0.1, 0.15) is 29.7 Å². The van der Waals surface area contributed by atoms with Crippen molar-refractivity contribution in [2.45, 2.75) is 91.1 Å². The van der Waals surface area contributed by atoms with E-state index in [2.05, 4.69) is 60.9 Å². The monoisotopic (exact) mass is 806 g/mol. The van der Waals surface area contributed by atoms with Crippen molar-refractivity contribution < 1.29 is 33.8 Å². The first-order valence-electron chi connectivity index (χ1n) is 20.4. The van der Waals surface area contributed by atoms with Gasteiger partial charge in [-0.1, -0.05) is 46.4 Å². The second-order valence-corrected chi connectivity index (χ2v) is 17.0. The van der Waals surface area contributed by atoms with E-state index in [0.717, 1.165) is 56.9 Å². The van der Waals surface area contributed by atoms with Crippen molar-refractivity contribution in [1.82, 2.24) is 30.2 Å². The Kier molecular flexibility index (Phi) is 13.1. The number of phenols is 1. The Morgan fingerprint density at radius 3 is 2.64 bits per heavy atom. The van der Waals surface area contributed by atoms with E-state index in [0.29, 0.717) is 51.1 Å². The lowest BCUT2D eigenvalue weighted by Gasteiger charge is -2.42. The Morgan fingerprint density at radius 2 is 1.95 bits per heavy atom. The molecule has 2 aliphatic rings. The van der Waals surface area contributed by atoms with Crippen LogP contribution in [-0.4, -0.2) is 100 Å². The summed E-state index contributed by atoms with van der Waals surface area (Å²) in [7, 11) is 3.19. The molecule has 0 unspecified atom stereocenters. The predicted octanol–water partition coefficient (Wildman–Crippen LogP) is 5.60. The number of aryl methyl sites for hydroxylation is 1. The molecule has 314 valence electrons. The topological polar surface area (TPSA) is 155 Å². The van der Waals surface area contributed by atoms with Gasteiger partial charge in [0.2, 0.25) is 11.8 Å². The van der Waals surface area contributed by atoms with Crippen molar-refractivity contribution in [3.8, 4) is 28.1 Å². The number of nitrogens with zero attached hydrogens (tertiary/aromatic N) is 4. The third-order valence-corrected chi connectivity index (χ3v) is 11.5. The van der Waals surface area contributed by atoms with Crippen LogP contribution in [0.5, 0.6) is 5.75 Å². The average molecular weight is 807 g/mol. The van der Waals surface area contributed by atoms with Crippen LogP contribution < -0.4 is 10.7 Å². The molecule has 3 N–H and O–H groups in total. The Labute approximate surface area is 346 Å². The van der Waals surface area contributed by atoms with Crippen LogP contribution in [0.15, 0.2) is 67.4 Å². The second kappa shape index (κ2) is 17.9. The average Bonchev–Trinajstić information content (AvgIpc) is 3.50. The van der Waals surface area contributed by atoms with Gasteiger partial charge in [-0.25, -0.2) is 5.43 Å². The maximum absolute atomic E-state index is 14.6. The van der Waals surface area contributed by atoms with Crippen LogP contribution >= 0.6 is 0 Å². The third-order valence-electron chi connectivity index (χ3n) is 11.5. The van der Waals surface area contributed by atoms with Crippen LogP contribution in [0, 0.1) is 11.3 Å². The molecule has 4 aromatic rings. The Morgan fingerprint density at radius 1 is 1.17 bits per heavy atom. The van der Waals surface area contributed by atoms with Gasteiger partial charge in [0.25, 0.3) is 5.91 Å². The van der Waals surface area contributed by atoms with Gasteiger partial charge < -0.3 is 34.2 Å². The van der Waals surface area contributed by atoms with Crippen molar-refractivity contribution in [3.05, 3.63) is 84.2 Å². The molecule has 13 nitrogen and oxygen atoms in total. The third kappa shape index (κ3) is 9.12. The number of methoxy groups -OCH3 is 1. The molecule has 0 spiro atoms. The molecule has 59 heavy (non-hydrogen) atoms. The van der Waals surface area contributed by atoms with E-state index < -0.39 is 40.8 Å². The van der Waals surface area contributed by atoms with E-state index in [4.69, 9.17) is 14.5 Å². The number of aromatic nitrogens is 2. The van der Waals surface area contributed by atoms with Gasteiger partial charge in [0.15, 0.2) is 0 Å². The molecule has 2 aromatic heterocycles. The summed E-state index contributed by atoms with van der Waals surface area (Å²) in [4.78, 5) is 60.3. The fourth-order valence-corrected chi connectivity index (χ4v) is 8.73. The number of rotatable bonds is 10. The Hall–Kier alpha value is -5.37. The highest BCUT2D eigenvalue weighted by molar-refractivity contribution is 5.96. The molecular formula is C46H58N6O7. The number of pyridine rings is 1. The molecule has 0 saturated carbocycles. The molecule has 6 bridgehead atoms. The number of phenolic OH excluding ortho intramolecular Hbond substituents is 1. The number of likely N-dealkylation sites (N-methyl/N-ethyl adjacent to an activating group) is 1. The van der Waals surface area contributed by atoms with Gasteiger partial charge in [-0.3, -0.25) is 24.4 Å². The molecular weight excluding hydrogens is 749 g/mol. The second-order valence-electron chi connectivity index (χ2n) is 17.0. The SMILES string of the molecule is C=CC(=O)N(C)[C@H](C(=O)N[C@H]1Cc2cc(O)cc(c2)-c2ccc3c(c2)c(c(-c2cccnc2COC)n3CC)CC(C)(C)COC[C@@]2(C=O)CCCN(N2)C1=O)C(C)C. The first-order valence-corrected chi connectivity index (χ1v) is 20.4. The van der Waals surface area contributed by atoms with Crippen molar-refractivity contribution in [1.29, 1.82) is 0 Å². The number of benzene rings is 2. The summed E-state index contributed by atoms with van der Waals surface area (Å²) in [6, 6.07) is 13.5. The first-order chi connectivity index (χ1) is 28.1. The maximum atomic E-state index is 14.6. The molecule has 4 heterocycles. The van der Waals surface area contributed by atoms with Gasteiger partial charge in [-0.15, -0.1) is 0 Å². The smallest absolute Gasteiger partial charge is 0.259 e. The minimum absolute atomic E-state index is 0.00172. The summed E-state index contributed by atoms with van der Waals surface area (Å²) in [5.74, 6) is -1.70. The normalized spacial score (nSPS) is 20.2. The Balaban J connectivity index is 1.53. The maximum Gasteiger partial charge on any atom is 0.259 e. The van der Waals surface area contributed by atoms with Crippen LogP contribution in [0.4, 0.5) is 0 Å². The molecule has 1 fully saturated rings. The number of amides is 3. The first kappa shape index (κ1) is 43.2. The lowest BCUT2D eigenvalue weighted by atomic mass is 9.84. The highest BCUT2D eigenvalue weighted by atomic mass is 16.5. The van der Waals surface area contributed by atoms with Gasteiger partial charge in [-0.2, -0.15) is 0 Å². The minimum atomic E-state index is -1.19. The number of carbonyl (C=O) groups excluding carboxylic acids is 4. The van der Waals surface area contributed by atoms with E-state index in [1.165, 1.54) is 17.0 Å². The zero-order valence-corrected chi connectivity index (χ0v) is 35.3. The fraction of sp³-hybridized carbons (Fsp3) is 0.457. The number of hydrogen-bond donors (Lipinski definition) is 3. The minimum Gasteiger partial charge on any atom is -0.508 e. The zero-order chi connectivity index (χ0) is 42.6. The van der Waals surface area contributed by atoms with E-state index in [1.54, 1.807) is 25.4 Å². The van der Waals surface area contributed by atoms with Gasteiger partial charge >= 0.3 is 0 Å². The summed E-state index contributed by atoms with van der Waals surface area (Å²) in [5, 5.41) is 16.6.